The van der Waals surface area contributed by atoms with Crippen LogP contribution in [-0.2, 0) is 17.9 Å². The summed E-state index contributed by atoms with van der Waals surface area (Å²) in [6, 6.07) is 12.2. The maximum Gasteiger partial charge on any atom is 0.189 e. The highest BCUT2D eigenvalue weighted by Crippen LogP contribution is 2.32. The molecule has 0 amide bonds. The Morgan fingerprint density at radius 1 is 1.08 bits per heavy atom. The molecule has 1 saturated heterocycles. The number of halogens is 1. The van der Waals surface area contributed by atoms with Crippen molar-refractivity contribution in [3.05, 3.63) is 52.5 Å². The number of fused-ring (bicyclic) bond motifs is 1. The summed E-state index contributed by atoms with van der Waals surface area (Å²) in [5.41, 5.74) is 3.43. The van der Waals surface area contributed by atoms with E-state index < -0.39 is 0 Å². The van der Waals surface area contributed by atoms with Crippen molar-refractivity contribution < 1.29 is 14.2 Å². The van der Waals surface area contributed by atoms with Crippen LogP contribution in [0, 0.1) is 0 Å². The molecular formula is C20H23ClN2O3. The Morgan fingerprint density at radius 2 is 1.85 bits per heavy atom. The summed E-state index contributed by atoms with van der Waals surface area (Å²) in [7, 11) is 1.69. The Morgan fingerprint density at radius 3 is 2.58 bits per heavy atom. The third-order valence-electron chi connectivity index (χ3n) is 4.96. The standard InChI is InChI=1S/C20H23ClN2O3/c1-24-19-4-2-18(3-5-19)23-8-6-22(7-9-23)12-15-10-17(21)11-16-13-25-14-26-20(15)16/h2-5,10-11H,6-9,12-14H2,1H3. The zero-order chi connectivity index (χ0) is 17.9. The monoisotopic (exact) mass is 374 g/mol. The summed E-state index contributed by atoms with van der Waals surface area (Å²) in [6.45, 7) is 5.73. The van der Waals surface area contributed by atoms with Gasteiger partial charge >= 0.3 is 0 Å². The van der Waals surface area contributed by atoms with Crippen LogP contribution in [0.3, 0.4) is 0 Å². The Labute approximate surface area is 159 Å². The highest BCUT2D eigenvalue weighted by atomic mass is 35.5. The largest absolute Gasteiger partial charge is 0.497 e. The second-order valence-corrected chi connectivity index (χ2v) is 7.06. The average molecular weight is 375 g/mol. The first-order valence-electron chi connectivity index (χ1n) is 8.86. The van der Waals surface area contributed by atoms with E-state index in [4.69, 9.17) is 25.8 Å². The summed E-state index contributed by atoms with van der Waals surface area (Å²) in [4.78, 5) is 4.86. The maximum absolute atomic E-state index is 6.28. The van der Waals surface area contributed by atoms with Crippen molar-refractivity contribution in [2.45, 2.75) is 13.2 Å². The van der Waals surface area contributed by atoms with Crippen molar-refractivity contribution in [1.29, 1.82) is 0 Å². The number of methoxy groups -OCH3 is 1. The first-order valence-corrected chi connectivity index (χ1v) is 9.24. The Bertz CT molecular complexity index is 758. The second-order valence-electron chi connectivity index (χ2n) is 6.63. The fraction of sp³-hybridized carbons (Fsp3) is 0.400. The van der Waals surface area contributed by atoms with Gasteiger partial charge in [0.1, 0.15) is 11.5 Å². The molecular weight excluding hydrogens is 352 g/mol. The van der Waals surface area contributed by atoms with E-state index in [1.807, 2.05) is 24.3 Å². The molecule has 138 valence electrons. The van der Waals surface area contributed by atoms with Crippen molar-refractivity contribution in [2.24, 2.45) is 0 Å². The minimum Gasteiger partial charge on any atom is -0.497 e. The number of nitrogens with zero attached hydrogens (tertiary/aromatic N) is 2. The van der Waals surface area contributed by atoms with Gasteiger partial charge in [-0.05, 0) is 36.4 Å². The molecule has 0 saturated carbocycles. The summed E-state index contributed by atoms with van der Waals surface area (Å²) in [5, 5.41) is 0.740. The number of hydrogen-bond acceptors (Lipinski definition) is 5. The molecule has 4 rings (SSSR count). The molecule has 2 aromatic rings. The molecule has 0 aromatic heterocycles. The van der Waals surface area contributed by atoms with Gasteiger partial charge in [0.2, 0.25) is 0 Å². The third kappa shape index (κ3) is 3.75. The Hall–Kier alpha value is -1.95. The lowest BCUT2D eigenvalue weighted by molar-refractivity contribution is -0.0174. The van der Waals surface area contributed by atoms with Gasteiger partial charge < -0.3 is 19.1 Å². The third-order valence-corrected chi connectivity index (χ3v) is 5.17. The van der Waals surface area contributed by atoms with Crippen LogP contribution in [0.4, 0.5) is 5.69 Å². The van der Waals surface area contributed by atoms with E-state index in [1.165, 1.54) is 5.69 Å². The van der Waals surface area contributed by atoms with Crippen molar-refractivity contribution in [3.8, 4) is 11.5 Å². The molecule has 0 radical (unpaired) electrons. The van der Waals surface area contributed by atoms with Gasteiger partial charge in [-0.2, -0.15) is 0 Å². The number of rotatable bonds is 4. The molecule has 2 heterocycles. The zero-order valence-corrected chi connectivity index (χ0v) is 15.7. The lowest BCUT2D eigenvalue weighted by atomic mass is 10.1. The number of hydrogen-bond donors (Lipinski definition) is 0. The van der Waals surface area contributed by atoms with Crippen LogP contribution < -0.4 is 14.4 Å². The molecule has 2 aliphatic rings. The van der Waals surface area contributed by atoms with Crippen LogP contribution >= 0.6 is 11.6 Å². The molecule has 0 spiro atoms. The highest BCUT2D eigenvalue weighted by Gasteiger charge is 2.21. The quantitative estimate of drug-likeness (QED) is 0.817. The van der Waals surface area contributed by atoms with Crippen LogP contribution in [0.1, 0.15) is 11.1 Å². The van der Waals surface area contributed by atoms with Crippen molar-refractivity contribution in [3.63, 3.8) is 0 Å². The lowest BCUT2D eigenvalue weighted by Gasteiger charge is -2.36. The van der Waals surface area contributed by atoms with E-state index in [0.717, 1.165) is 60.4 Å². The first kappa shape index (κ1) is 17.5. The van der Waals surface area contributed by atoms with E-state index in [2.05, 4.69) is 21.9 Å². The summed E-state index contributed by atoms with van der Waals surface area (Å²) in [5.74, 6) is 1.83. The van der Waals surface area contributed by atoms with Gasteiger partial charge in [0.25, 0.3) is 0 Å². The van der Waals surface area contributed by atoms with Gasteiger partial charge in [-0.25, -0.2) is 0 Å². The normalized spacial score (nSPS) is 17.5. The van der Waals surface area contributed by atoms with Gasteiger partial charge in [0.05, 0.1) is 13.7 Å². The molecule has 26 heavy (non-hydrogen) atoms. The zero-order valence-electron chi connectivity index (χ0n) is 14.9. The van der Waals surface area contributed by atoms with E-state index >= 15 is 0 Å². The summed E-state index contributed by atoms with van der Waals surface area (Å²) < 4.78 is 16.3. The van der Waals surface area contributed by atoms with Crippen LogP contribution in [0.15, 0.2) is 36.4 Å². The van der Waals surface area contributed by atoms with E-state index in [0.29, 0.717) is 13.4 Å². The molecule has 1 fully saturated rings. The topological polar surface area (TPSA) is 34.2 Å². The summed E-state index contributed by atoms with van der Waals surface area (Å²) >= 11 is 6.28. The molecule has 2 aromatic carbocycles. The van der Waals surface area contributed by atoms with Crippen molar-refractivity contribution in [1.82, 2.24) is 4.90 Å². The minimum absolute atomic E-state index is 0.312. The second kappa shape index (κ2) is 7.74. The van der Waals surface area contributed by atoms with Crippen molar-refractivity contribution >= 4 is 17.3 Å². The van der Waals surface area contributed by atoms with E-state index in [9.17, 15) is 0 Å². The van der Waals surface area contributed by atoms with Crippen molar-refractivity contribution in [2.75, 3.05) is 45.0 Å². The van der Waals surface area contributed by atoms with Crippen LogP contribution in [-0.4, -0.2) is 45.0 Å². The fourth-order valence-corrected chi connectivity index (χ4v) is 3.84. The first-order chi connectivity index (χ1) is 12.7. The predicted octanol–water partition coefficient (Wildman–Crippen LogP) is 3.54. The van der Waals surface area contributed by atoms with Crippen LogP contribution in [0.25, 0.3) is 0 Å². The maximum atomic E-state index is 6.28. The number of piperazine rings is 1. The summed E-state index contributed by atoms with van der Waals surface area (Å²) in [6.07, 6.45) is 0. The smallest absolute Gasteiger partial charge is 0.189 e. The Balaban J connectivity index is 1.40. The van der Waals surface area contributed by atoms with Gasteiger partial charge in [-0.3, -0.25) is 4.90 Å². The van der Waals surface area contributed by atoms with Crippen LogP contribution in [0.5, 0.6) is 11.5 Å². The highest BCUT2D eigenvalue weighted by molar-refractivity contribution is 6.30. The van der Waals surface area contributed by atoms with Gasteiger partial charge in [0, 0.05) is 54.6 Å². The molecule has 0 atom stereocenters. The SMILES string of the molecule is COc1ccc(N2CCN(Cc3cc(Cl)cc4c3OCOC4)CC2)cc1. The molecule has 2 aliphatic heterocycles. The molecule has 0 N–H and O–H groups in total. The Kier molecular flexibility index (Phi) is 5.20. The molecule has 5 nitrogen and oxygen atoms in total. The number of anilines is 1. The van der Waals surface area contributed by atoms with E-state index in [1.54, 1.807) is 7.11 Å². The van der Waals surface area contributed by atoms with Gasteiger partial charge in [-0.15, -0.1) is 0 Å². The minimum atomic E-state index is 0.312. The lowest BCUT2D eigenvalue weighted by Crippen LogP contribution is -2.46. The number of benzene rings is 2. The average Bonchev–Trinajstić information content (AvgIpc) is 2.68. The molecule has 0 unspecified atom stereocenters. The molecule has 6 heteroatoms. The fourth-order valence-electron chi connectivity index (χ4n) is 3.57. The van der Waals surface area contributed by atoms with E-state index in [-0.39, 0.29) is 0 Å². The predicted molar refractivity (Wildman–Crippen MR) is 102 cm³/mol. The molecule has 0 aliphatic carbocycles. The number of ether oxygens (including phenoxy) is 3. The van der Waals surface area contributed by atoms with Gasteiger partial charge in [-0.1, -0.05) is 11.6 Å². The van der Waals surface area contributed by atoms with Gasteiger partial charge in [0.15, 0.2) is 6.79 Å². The molecule has 0 bridgehead atoms. The van der Waals surface area contributed by atoms with Crippen LogP contribution in [0.2, 0.25) is 5.02 Å².